The van der Waals surface area contributed by atoms with Crippen molar-refractivity contribution < 1.29 is 14.3 Å². The van der Waals surface area contributed by atoms with E-state index >= 15 is 0 Å². The summed E-state index contributed by atoms with van der Waals surface area (Å²) in [7, 11) is 5.58. The van der Waals surface area contributed by atoms with Crippen molar-refractivity contribution in [2.75, 3.05) is 32.6 Å². The predicted molar refractivity (Wildman–Crippen MR) is 126 cm³/mol. The number of carbonyl (C=O) groups is 2. The van der Waals surface area contributed by atoms with E-state index in [0.717, 1.165) is 41.2 Å². The van der Waals surface area contributed by atoms with Crippen molar-refractivity contribution in [2.45, 2.75) is 40.3 Å². The molecule has 0 aliphatic rings. The molecule has 7 heteroatoms. The Kier molecular flexibility index (Phi) is 8.65. The highest BCUT2D eigenvalue weighted by Crippen LogP contribution is 2.19. The number of aryl methyl sites for hydroxylation is 1. The van der Waals surface area contributed by atoms with Gasteiger partial charge in [0.1, 0.15) is 11.6 Å². The number of likely N-dealkylation sites (N-methyl/N-ethyl adjacent to an activating group) is 1. The van der Waals surface area contributed by atoms with Gasteiger partial charge >= 0.3 is 5.97 Å². The molecule has 0 atom stereocenters. The Morgan fingerprint density at radius 1 is 1.16 bits per heavy atom. The number of hydrogen-bond acceptors (Lipinski definition) is 5. The number of carbonyl (C=O) groups excluding carboxylic acids is 2. The van der Waals surface area contributed by atoms with E-state index in [1.54, 1.807) is 7.05 Å². The minimum absolute atomic E-state index is 0.128. The van der Waals surface area contributed by atoms with Crippen LogP contribution in [0.5, 0.6) is 0 Å². The van der Waals surface area contributed by atoms with Crippen LogP contribution >= 0.6 is 0 Å². The largest absolute Gasteiger partial charge is 0.451 e. The Morgan fingerprint density at radius 2 is 1.81 bits per heavy atom. The average molecular weight is 437 g/mol. The molecule has 0 aliphatic heterocycles. The molecule has 0 N–H and O–H groups in total. The third kappa shape index (κ3) is 6.24. The van der Waals surface area contributed by atoms with E-state index < -0.39 is 12.6 Å². The third-order valence-electron chi connectivity index (χ3n) is 5.33. The molecular formula is C25H32N4O3. The first-order valence-electron chi connectivity index (χ1n) is 10.6. The zero-order valence-electron chi connectivity index (χ0n) is 19.8. The maximum atomic E-state index is 12.4. The highest BCUT2D eigenvalue weighted by Gasteiger charge is 2.17. The van der Waals surface area contributed by atoms with Crippen LogP contribution in [0.3, 0.4) is 0 Å². The van der Waals surface area contributed by atoms with Crippen LogP contribution in [0.4, 0.5) is 5.69 Å². The molecule has 0 fully saturated rings. The molecule has 170 valence electrons. The zero-order chi connectivity index (χ0) is 23.8. The SMILES string of the molecule is CCCn1c(C)cc(/C=C(\C#N)C(=O)OCC(=O)N(C)Cc2ccc(N(C)C)cc2)c1C. The summed E-state index contributed by atoms with van der Waals surface area (Å²) in [4.78, 5) is 28.3. The fourth-order valence-electron chi connectivity index (χ4n) is 3.41. The zero-order valence-corrected chi connectivity index (χ0v) is 19.8. The van der Waals surface area contributed by atoms with Gasteiger partial charge in [-0.15, -0.1) is 0 Å². The second-order valence-corrected chi connectivity index (χ2v) is 8.03. The first-order chi connectivity index (χ1) is 15.2. The number of amides is 1. The highest BCUT2D eigenvalue weighted by molar-refractivity contribution is 5.99. The van der Waals surface area contributed by atoms with Crippen molar-refractivity contribution in [1.82, 2.24) is 9.47 Å². The number of aromatic nitrogens is 1. The lowest BCUT2D eigenvalue weighted by Gasteiger charge is -2.18. The van der Waals surface area contributed by atoms with Crippen LogP contribution < -0.4 is 4.90 Å². The Bertz CT molecular complexity index is 1030. The summed E-state index contributed by atoms with van der Waals surface area (Å²) in [6.45, 7) is 6.90. The number of benzene rings is 1. The summed E-state index contributed by atoms with van der Waals surface area (Å²) in [6.07, 6.45) is 2.51. The maximum absolute atomic E-state index is 12.4. The van der Waals surface area contributed by atoms with E-state index in [9.17, 15) is 14.9 Å². The quantitative estimate of drug-likeness (QED) is 0.340. The first kappa shape index (κ1) is 24.7. The van der Waals surface area contributed by atoms with E-state index in [1.165, 1.54) is 11.0 Å². The molecule has 7 nitrogen and oxygen atoms in total. The predicted octanol–water partition coefficient (Wildman–Crippen LogP) is 3.69. The number of ether oxygens (including phenoxy) is 1. The third-order valence-corrected chi connectivity index (χ3v) is 5.33. The maximum Gasteiger partial charge on any atom is 0.349 e. The molecule has 2 rings (SSSR count). The number of nitriles is 1. The highest BCUT2D eigenvalue weighted by atomic mass is 16.5. The molecule has 0 radical (unpaired) electrons. The van der Waals surface area contributed by atoms with Crippen LogP contribution in [0.15, 0.2) is 35.9 Å². The second-order valence-electron chi connectivity index (χ2n) is 8.03. The number of anilines is 1. The molecule has 0 aliphatic carbocycles. The molecule has 0 saturated carbocycles. The van der Waals surface area contributed by atoms with Gasteiger partial charge in [0.25, 0.3) is 5.91 Å². The van der Waals surface area contributed by atoms with Crippen molar-refractivity contribution >= 4 is 23.6 Å². The summed E-state index contributed by atoms with van der Waals surface area (Å²) < 4.78 is 7.28. The number of nitrogens with zero attached hydrogens (tertiary/aromatic N) is 4. The smallest absolute Gasteiger partial charge is 0.349 e. The monoisotopic (exact) mass is 436 g/mol. The van der Waals surface area contributed by atoms with Gasteiger partial charge in [0.05, 0.1) is 0 Å². The molecule has 0 unspecified atom stereocenters. The van der Waals surface area contributed by atoms with Crippen LogP contribution in [0.2, 0.25) is 0 Å². The van der Waals surface area contributed by atoms with E-state index in [2.05, 4.69) is 11.5 Å². The van der Waals surface area contributed by atoms with Gasteiger partial charge in [-0.2, -0.15) is 5.26 Å². The lowest BCUT2D eigenvalue weighted by molar-refractivity contribution is -0.148. The molecule has 0 bridgehead atoms. The van der Waals surface area contributed by atoms with Crippen molar-refractivity contribution in [2.24, 2.45) is 0 Å². The van der Waals surface area contributed by atoms with Gasteiger partial charge in [0.15, 0.2) is 6.61 Å². The van der Waals surface area contributed by atoms with Crippen LogP contribution in [0.1, 0.15) is 35.9 Å². The van der Waals surface area contributed by atoms with Gasteiger partial charge in [-0.3, -0.25) is 4.79 Å². The summed E-state index contributed by atoms with van der Waals surface area (Å²) in [5.41, 5.74) is 4.77. The van der Waals surface area contributed by atoms with E-state index in [4.69, 9.17) is 4.74 Å². The lowest BCUT2D eigenvalue weighted by Crippen LogP contribution is -2.31. The molecule has 1 aromatic carbocycles. The Morgan fingerprint density at radius 3 is 2.38 bits per heavy atom. The van der Waals surface area contributed by atoms with Crippen molar-refractivity contribution in [3.05, 3.63) is 58.4 Å². The van der Waals surface area contributed by atoms with E-state index in [0.29, 0.717) is 6.54 Å². The topological polar surface area (TPSA) is 78.6 Å². The summed E-state index contributed by atoms with van der Waals surface area (Å²) >= 11 is 0. The van der Waals surface area contributed by atoms with Crippen molar-refractivity contribution in [1.29, 1.82) is 5.26 Å². The van der Waals surface area contributed by atoms with E-state index in [-0.39, 0.29) is 11.5 Å². The Balaban J connectivity index is 1.99. The van der Waals surface area contributed by atoms with Gasteiger partial charge in [0, 0.05) is 51.3 Å². The molecule has 0 saturated heterocycles. The van der Waals surface area contributed by atoms with Crippen molar-refractivity contribution in [3.8, 4) is 6.07 Å². The summed E-state index contributed by atoms with van der Waals surface area (Å²) in [5, 5.41) is 9.43. The molecule has 1 aromatic heterocycles. The van der Waals surface area contributed by atoms with E-state index in [1.807, 2.05) is 69.2 Å². The van der Waals surface area contributed by atoms with Gasteiger partial charge in [0.2, 0.25) is 0 Å². The molecule has 1 heterocycles. The van der Waals surface area contributed by atoms with Gasteiger partial charge in [-0.25, -0.2) is 4.79 Å². The molecule has 0 spiro atoms. The summed E-state index contributed by atoms with van der Waals surface area (Å²) in [6, 6.07) is 11.7. The lowest BCUT2D eigenvalue weighted by atomic mass is 10.1. The molecule has 32 heavy (non-hydrogen) atoms. The van der Waals surface area contributed by atoms with Crippen molar-refractivity contribution in [3.63, 3.8) is 0 Å². The van der Waals surface area contributed by atoms with Gasteiger partial charge in [-0.1, -0.05) is 19.1 Å². The minimum atomic E-state index is -0.801. The fourth-order valence-corrected chi connectivity index (χ4v) is 3.41. The van der Waals surface area contributed by atoms with Crippen LogP contribution in [0.25, 0.3) is 6.08 Å². The Hall–Kier alpha value is -3.53. The van der Waals surface area contributed by atoms with Crippen LogP contribution in [0, 0.1) is 25.2 Å². The molecule has 1 amide bonds. The van der Waals surface area contributed by atoms with Gasteiger partial charge < -0.3 is 19.1 Å². The standard InChI is InChI=1S/C25H32N4O3/c1-7-12-29-18(2)13-21(19(29)3)14-22(15-26)25(31)32-17-24(30)28(6)16-20-8-10-23(11-9-20)27(4)5/h8-11,13-14H,7,12,16-17H2,1-6H3/b22-14+. The van der Waals surface area contributed by atoms with Gasteiger partial charge in [-0.05, 0) is 55.7 Å². The molecular weight excluding hydrogens is 404 g/mol. The minimum Gasteiger partial charge on any atom is -0.451 e. The Labute approximate surface area is 190 Å². The first-order valence-corrected chi connectivity index (χ1v) is 10.6. The summed E-state index contributed by atoms with van der Waals surface area (Å²) in [5.74, 6) is -1.14. The van der Waals surface area contributed by atoms with Crippen LogP contribution in [-0.4, -0.2) is 49.1 Å². The fraction of sp³-hybridized carbons (Fsp3) is 0.400. The molecule has 2 aromatic rings. The van der Waals surface area contributed by atoms with Crippen LogP contribution in [-0.2, 0) is 27.4 Å². The number of esters is 1. The number of rotatable bonds is 9. The number of hydrogen-bond donors (Lipinski definition) is 0. The average Bonchev–Trinajstić information content (AvgIpc) is 3.03. The second kappa shape index (κ2) is 11.2. The normalized spacial score (nSPS) is 11.1.